The number of nitrogens with one attached hydrogen (secondary N) is 1. The summed E-state index contributed by atoms with van der Waals surface area (Å²) in [6.07, 6.45) is 4.89. The van der Waals surface area contributed by atoms with Crippen molar-refractivity contribution in [3.8, 4) is 5.75 Å². The maximum absolute atomic E-state index is 5.88. The summed E-state index contributed by atoms with van der Waals surface area (Å²) in [5.41, 5.74) is 1.25. The predicted molar refractivity (Wildman–Crippen MR) is 93.5 cm³/mol. The molecule has 0 aliphatic rings. The van der Waals surface area contributed by atoms with Gasteiger partial charge in [-0.05, 0) is 56.0 Å². The van der Waals surface area contributed by atoms with Crippen molar-refractivity contribution < 1.29 is 4.74 Å². The minimum Gasteiger partial charge on any atom is -0.491 e. The van der Waals surface area contributed by atoms with E-state index >= 15 is 0 Å². The molecule has 0 amide bonds. The smallest absolute Gasteiger partial charge is 0.147 e. The van der Waals surface area contributed by atoms with Gasteiger partial charge in [-0.2, -0.15) is 0 Å². The van der Waals surface area contributed by atoms with Crippen LogP contribution in [0.25, 0.3) is 0 Å². The summed E-state index contributed by atoms with van der Waals surface area (Å²) in [6.45, 7) is 8.17. The van der Waals surface area contributed by atoms with Gasteiger partial charge in [-0.3, -0.25) is 0 Å². The number of halogens is 2. The summed E-state index contributed by atoms with van der Waals surface area (Å²) in [5, 5.41) is 3.42. The molecular weight excluding hydrogens is 382 g/mol. The molecule has 0 spiro atoms. The van der Waals surface area contributed by atoms with E-state index in [9.17, 15) is 0 Å². The largest absolute Gasteiger partial charge is 0.491 e. The summed E-state index contributed by atoms with van der Waals surface area (Å²) in [5.74, 6) is 0.912. The maximum Gasteiger partial charge on any atom is 0.147 e. The Morgan fingerprint density at radius 2 is 1.75 bits per heavy atom. The van der Waals surface area contributed by atoms with Crippen LogP contribution >= 0.6 is 31.9 Å². The molecule has 0 heterocycles. The number of unbranched alkanes of at least 4 members (excludes halogenated alkanes) is 3. The molecule has 1 aromatic rings. The first-order valence-electron chi connectivity index (χ1n) is 7.38. The lowest BCUT2D eigenvalue weighted by molar-refractivity contribution is 0.301. The van der Waals surface area contributed by atoms with Crippen LogP contribution in [0.15, 0.2) is 21.1 Å². The second-order valence-electron chi connectivity index (χ2n) is 5.33. The first-order valence-corrected chi connectivity index (χ1v) is 8.97. The molecule has 0 aromatic heterocycles. The predicted octanol–water partition coefficient (Wildman–Crippen LogP) is 5.67. The average Bonchev–Trinajstić information content (AvgIpc) is 2.38. The van der Waals surface area contributed by atoms with Gasteiger partial charge in [0, 0.05) is 12.6 Å². The van der Waals surface area contributed by atoms with Crippen LogP contribution in [0, 0.1) is 0 Å². The van der Waals surface area contributed by atoms with Crippen LogP contribution in [0.1, 0.15) is 52.0 Å². The minimum absolute atomic E-state index is 0.488. The van der Waals surface area contributed by atoms with E-state index in [-0.39, 0.29) is 0 Å². The molecule has 0 radical (unpaired) electrons. The molecule has 0 aliphatic heterocycles. The molecule has 2 nitrogen and oxygen atoms in total. The van der Waals surface area contributed by atoms with Crippen LogP contribution < -0.4 is 10.1 Å². The maximum atomic E-state index is 5.88. The molecule has 0 saturated heterocycles. The Balaban J connectivity index is 2.55. The number of rotatable bonds is 9. The molecule has 114 valence electrons. The van der Waals surface area contributed by atoms with Gasteiger partial charge in [-0.1, -0.05) is 40.0 Å². The van der Waals surface area contributed by atoms with Crippen molar-refractivity contribution in [3.63, 3.8) is 0 Å². The molecule has 0 fully saturated rings. The van der Waals surface area contributed by atoms with Gasteiger partial charge < -0.3 is 10.1 Å². The molecule has 1 N–H and O–H groups in total. The van der Waals surface area contributed by atoms with E-state index in [1.165, 1.54) is 24.8 Å². The molecule has 4 heteroatoms. The second kappa shape index (κ2) is 9.80. The van der Waals surface area contributed by atoms with Gasteiger partial charge in [0.05, 0.1) is 15.6 Å². The van der Waals surface area contributed by atoms with Gasteiger partial charge in [-0.25, -0.2) is 0 Å². The average molecular weight is 407 g/mol. The second-order valence-corrected chi connectivity index (χ2v) is 7.04. The summed E-state index contributed by atoms with van der Waals surface area (Å²) in [4.78, 5) is 0. The first-order chi connectivity index (χ1) is 9.54. The highest BCUT2D eigenvalue weighted by Gasteiger charge is 2.09. The fourth-order valence-electron chi connectivity index (χ4n) is 1.88. The lowest BCUT2D eigenvalue weighted by Gasteiger charge is -2.13. The Hall–Kier alpha value is -0.0600. The minimum atomic E-state index is 0.488. The van der Waals surface area contributed by atoms with Crippen LogP contribution in [0.5, 0.6) is 5.75 Å². The third kappa shape index (κ3) is 6.59. The lowest BCUT2D eigenvalue weighted by atomic mass is 10.2. The van der Waals surface area contributed by atoms with Crippen molar-refractivity contribution in [1.29, 1.82) is 0 Å². The van der Waals surface area contributed by atoms with E-state index < -0.39 is 0 Å². The third-order valence-electron chi connectivity index (χ3n) is 3.02. The third-order valence-corrected chi connectivity index (χ3v) is 4.19. The van der Waals surface area contributed by atoms with Gasteiger partial charge in [0.2, 0.25) is 0 Å². The number of benzene rings is 1. The zero-order valence-corrected chi connectivity index (χ0v) is 15.8. The van der Waals surface area contributed by atoms with Crippen LogP contribution in [0.2, 0.25) is 0 Å². The first kappa shape index (κ1) is 18.0. The topological polar surface area (TPSA) is 21.3 Å². The van der Waals surface area contributed by atoms with Gasteiger partial charge in [0.15, 0.2) is 0 Å². The monoisotopic (exact) mass is 405 g/mol. The van der Waals surface area contributed by atoms with E-state index in [2.05, 4.69) is 70.1 Å². The Labute approximate surface area is 139 Å². The molecule has 1 aromatic carbocycles. The highest BCUT2D eigenvalue weighted by Crippen LogP contribution is 2.35. The summed E-state index contributed by atoms with van der Waals surface area (Å²) in [6, 6.07) is 4.74. The summed E-state index contributed by atoms with van der Waals surface area (Å²) < 4.78 is 7.91. The Morgan fingerprint density at radius 1 is 1.10 bits per heavy atom. The number of hydrogen-bond donors (Lipinski definition) is 1. The van der Waals surface area contributed by atoms with E-state index in [4.69, 9.17) is 4.74 Å². The van der Waals surface area contributed by atoms with Crippen molar-refractivity contribution in [2.24, 2.45) is 0 Å². The van der Waals surface area contributed by atoms with Crippen molar-refractivity contribution in [2.45, 2.75) is 59.0 Å². The molecule has 0 aliphatic carbocycles. The normalized spacial score (nSPS) is 11.1. The zero-order chi connectivity index (χ0) is 15.0. The lowest BCUT2D eigenvalue weighted by Crippen LogP contribution is -2.21. The van der Waals surface area contributed by atoms with Gasteiger partial charge in [0.25, 0.3) is 0 Å². The fourth-order valence-corrected chi connectivity index (χ4v) is 3.39. The fraction of sp³-hybridized carbons (Fsp3) is 0.625. The molecule has 0 bridgehead atoms. The molecule has 0 atom stereocenters. The molecule has 0 saturated carbocycles. The Bertz CT molecular complexity index is 384. The quantitative estimate of drug-likeness (QED) is 0.533. The number of hydrogen-bond acceptors (Lipinski definition) is 2. The number of ether oxygens (including phenoxy) is 1. The van der Waals surface area contributed by atoms with Crippen LogP contribution in [0.3, 0.4) is 0 Å². The van der Waals surface area contributed by atoms with Gasteiger partial charge in [-0.15, -0.1) is 0 Å². The molecule has 20 heavy (non-hydrogen) atoms. The van der Waals surface area contributed by atoms with Gasteiger partial charge in [0.1, 0.15) is 5.75 Å². The van der Waals surface area contributed by atoms with Gasteiger partial charge >= 0.3 is 0 Å². The van der Waals surface area contributed by atoms with Crippen LogP contribution in [-0.2, 0) is 6.54 Å². The SMILES string of the molecule is CCCCCCOc1c(Br)cc(CNC(C)C)cc1Br. The highest BCUT2D eigenvalue weighted by molar-refractivity contribution is 9.11. The standard InChI is InChI=1S/C16H25Br2NO/c1-4-5-6-7-8-20-16-14(17)9-13(10-15(16)18)11-19-12(2)3/h9-10,12,19H,4-8,11H2,1-3H3. The zero-order valence-electron chi connectivity index (χ0n) is 12.6. The van der Waals surface area contributed by atoms with Crippen LogP contribution in [-0.4, -0.2) is 12.6 Å². The van der Waals surface area contributed by atoms with E-state index in [1.807, 2.05) is 0 Å². The van der Waals surface area contributed by atoms with E-state index in [1.54, 1.807) is 0 Å². The summed E-state index contributed by atoms with van der Waals surface area (Å²) >= 11 is 7.21. The van der Waals surface area contributed by atoms with Crippen molar-refractivity contribution in [1.82, 2.24) is 5.32 Å². The Morgan fingerprint density at radius 3 is 2.30 bits per heavy atom. The van der Waals surface area contributed by atoms with E-state index in [0.29, 0.717) is 6.04 Å². The Kier molecular flexibility index (Phi) is 8.82. The highest BCUT2D eigenvalue weighted by atomic mass is 79.9. The van der Waals surface area contributed by atoms with Crippen LogP contribution in [0.4, 0.5) is 0 Å². The molecular formula is C16H25Br2NO. The van der Waals surface area contributed by atoms with Crippen molar-refractivity contribution in [2.75, 3.05) is 6.61 Å². The molecule has 0 unspecified atom stereocenters. The summed E-state index contributed by atoms with van der Waals surface area (Å²) in [7, 11) is 0. The van der Waals surface area contributed by atoms with Crippen molar-refractivity contribution >= 4 is 31.9 Å². The van der Waals surface area contributed by atoms with Crippen molar-refractivity contribution in [3.05, 3.63) is 26.6 Å². The molecule has 1 rings (SSSR count). The van der Waals surface area contributed by atoms with E-state index in [0.717, 1.165) is 34.3 Å².